The van der Waals surface area contributed by atoms with Crippen molar-refractivity contribution in [1.82, 2.24) is 0 Å². The molecule has 3 saturated carbocycles. The topological polar surface area (TPSA) is 52.6 Å². The minimum Gasteiger partial charge on any atom is -0.466 e. The molecule has 0 aromatic carbocycles. The number of hydrogen-bond donors (Lipinski definition) is 0. The van der Waals surface area contributed by atoms with Crippen LogP contribution in [-0.4, -0.2) is 24.6 Å². The maximum absolute atomic E-state index is 11.5. The van der Waals surface area contributed by atoms with Gasteiger partial charge in [0.1, 0.15) is 6.10 Å². The van der Waals surface area contributed by atoms with E-state index in [2.05, 4.69) is 27.4 Å². The molecular formula is C24H38O4. The molecule has 3 aliphatic rings. The van der Waals surface area contributed by atoms with Crippen molar-refractivity contribution in [3.8, 4) is 0 Å². The van der Waals surface area contributed by atoms with Gasteiger partial charge in [-0.2, -0.15) is 0 Å². The molecule has 0 bridgehead atoms. The summed E-state index contributed by atoms with van der Waals surface area (Å²) in [5, 5.41) is 0. The van der Waals surface area contributed by atoms with Crippen LogP contribution in [-0.2, 0) is 19.1 Å². The lowest BCUT2D eigenvalue weighted by molar-refractivity contribution is -0.160. The van der Waals surface area contributed by atoms with Gasteiger partial charge in [0.15, 0.2) is 0 Å². The Morgan fingerprint density at radius 2 is 1.79 bits per heavy atom. The second-order valence-electron chi connectivity index (χ2n) is 10.2. The molecule has 3 fully saturated rings. The molecule has 0 amide bonds. The Balaban J connectivity index is 1.81. The van der Waals surface area contributed by atoms with Gasteiger partial charge in [-0.05, 0) is 73.5 Å². The first-order chi connectivity index (χ1) is 13.1. The molecule has 3 unspecified atom stereocenters. The van der Waals surface area contributed by atoms with Crippen LogP contribution in [0, 0.1) is 34.5 Å². The lowest BCUT2D eigenvalue weighted by Gasteiger charge is -2.56. The molecule has 0 saturated heterocycles. The number of carbonyl (C=O) groups excluding carboxylic acids is 2. The van der Waals surface area contributed by atoms with Gasteiger partial charge in [0, 0.05) is 19.8 Å². The van der Waals surface area contributed by atoms with Crippen molar-refractivity contribution in [2.45, 2.75) is 85.7 Å². The van der Waals surface area contributed by atoms with E-state index in [1.807, 2.05) is 0 Å². The second-order valence-corrected chi connectivity index (χ2v) is 10.2. The van der Waals surface area contributed by atoms with Crippen molar-refractivity contribution < 1.29 is 19.1 Å². The SMILES string of the molecule is C=C1CCC2C(C)C([C@@]3(C)CC[C@H](OC(C)=O)C[C@@H]3COC(C)=O)CC[C@]12C. The van der Waals surface area contributed by atoms with Crippen molar-refractivity contribution in [1.29, 1.82) is 0 Å². The summed E-state index contributed by atoms with van der Waals surface area (Å²) in [5.74, 6) is 1.73. The monoisotopic (exact) mass is 390 g/mol. The van der Waals surface area contributed by atoms with Crippen molar-refractivity contribution in [3.05, 3.63) is 12.2 Å². The number of rotatable bonds is 4. The normalized spacial score (nSPS) is 43.3. The van der Waals surface area contributed by atoms with Gasteiger partial charge >= 0.3 is 11.9 Å². The van der Waals surface area contributed by atoms with Crippen molar-refractivity contribution in [3.63, 3.8) is 0 Å². The first-order valence-electron chi connectivity index (χ1n) is 11.1. The number of allylic oxidation sites excluding steroid dienone is 1. The van der Waals surface area contributed by atoms with E-state index in [0.29, 0.717) is 29.8 Å². The average molecular weight is 391 g/mol. The molecule has 0 radical (unpaired) electrons. The standard InChI is InChI=1S/C24H38O4/c1-15-7-8-21-16(2)22(10-12-23(15,21)5)24(6)11-9-20(28-18(4)26)13-19(24)14-27-17(3)25/h16,19-22H,1,7-14H2,2-6H3/t16?,19-,20+,21?,22?,23-,24+/m1/s1. The van der Waals surface area contributed by atoms with E-state index in [9.17, 15) is 9.59 Å². The molecule has 0 aromatic rings. The Morgan fingerprint density at radius 3 is 2.43 bits per heavy atom. The van der Waals surface area contributed by atoms with Gasteiger partial charge in [-0.3, -0.25) is 9.59 Å². The summed E-state index contributed by atoms with van der Waals surface area (Å²) in [6.07, 6.45) is 7.52. The molecule has 4 heteroatoms. The maximum Gasteiger partial charge on any atom is 0.302 e. The summed E-state index contributed by atoms with van der Waals surface area (Å²) in [5.41, 5.74) is 1.85. The molecule has 28 heavy (non-hydrogen) atoms. The Labute approximate surface area is 170 Å². The zero-order valence-corrected chi connectivity index (χ0v) is 18.4. The summed E-state index contributed by atoms with van der Waals surface area (Å²) in [6.45, 7) is 15.0. The molecule has 0 aromatic heterocycles. The van der Waals surface area contributed by atoms with E-state index in [1.165, 1.54) is 45.1 Å². The van der Waals surface area contributed by atoms with Gasteiger partial charge in [0.25, 0.3) is 0 Å². The van der Waals surface area contributed by atoms with Gasteiger partial charge in [0.2, 0.25) is 0 Å². The molecule has 3 rings (SSSR count). The number of ether oxygens (including phenoxy) is 2. The predicted octanol–water partition coefficient (Wildman–Crippen LogP) is 5.31. The molecule has 7 atom stereocenters. The molecular weight excluding hydrogens is 352 g/mol. The molecule has 4 nitrogen and oxygen atoms in total. The lowest BCUT2D eigenvalue weighted by Crippen LogP contribution is -2.51. The van der Waals surface area contributed by atoms with Crippen LogP contribution in [0.1, 0.15) is 79.6 Å². The zero-order chi connectivity index (χ0) is 20.7. The minimum absolute atomic E-state index is 0.0541. The first-order valence-corrected chi connectivity index (χ1v) is 11.1. The van der Waals surface area contributed by atoms with Gasteiger partial charge in [-0.1, -0.05) is 32.9 Å². The van der Waals surface area contributed by atoms with E-state index in [-0.39, 0.29) is 29.4 Å². The van der Waals surface area contributed by atoms with Crippen LogP contribution in [0.4, 0.5) is 0 Å². The van der Waals surface area contributed by atoms with Crippen LogP contribution in [0.25, 0.3) is 0 Å². The summed E-state index contributed by atoms with van der Waals surface area (Å²) in [6, 6.07) is 0. The highest BCUT2D eigenvalue weighted by atomic mass is 16.5. The Bertz CT molecular complexity index is 641. The van der Waals surface area contributed by atoms with Crippen molar-refractivity contribution in [2.75, 3.05) is 6.61 Å². The van der Waals surface area contributed by atoms with E-state index in [1.54, 1.807) is 0 Å². The second kappa shape index (κ2) is 7.84. The van der Waals surface area contributed by atoms with Crippen LogP contribution in [0.2, 0.25) is 0 Å². The Kier molecular flexibility index (Phi) is 5.99. The molecule has 0 heterocycles. The molecule has 158 valence electrons. The van der Waals surface area contributed by atoms with Gasteiger partial charge in [-0.15, -0.1) is 0 Å². The number of fused-ring (bicyclic) bond motifs is 1. The largest absolute Gasteiger partial charge is 0.466 e. The summed E-state index contributed by atoms with van der Waals surface area (Å²) in [4.78, 5) is 23.0. The molecule has 3 aliphatic carbocycles. The Morgan fingerprint density at radius 1 is 1.07 bits per heavy atom. The summed E-state index contributed by atoms with van der Waals surface area (Å²) < 4.78 is 11.0. The number of esters is 2. The summed E-state index contributed by atoms with van der Waals surface area (Å²) >= 11 is 0. The fourth-order valence-electron chi connectivity index (χ4n) is 7.02. The van der Waals surface area contributed by atoms with Gasteiger partial charge in [0.05, 0.1) is 6.61 Å². The number of carbonyl (C=O) groups is 2. The van der Waals surface area contributed by atoms with Crippen molar-refractivity contribution >= 4 is 11.9 Å². The van der Waals surface area contributed by atoms with Crippen LogP contribution in [0.3, 0.4) is 0 Å². The summed E-state index contributed by atoms with van der Waals surface area (Å²) in [7, 11) is 0. The molecule has 0 N–H and O–H groups in total. The third-order valence-electron chi connectivity index (χ3n) is 8.78. The first kappa shape index (κ1) is 21.4. The highest BCUT2D eigenvalue weighted by Crippen LogP contribution is 2.63. The van der Waals surface area contributed by atoms with Crippen LogP contribution >= 0.6 is 0 Å². The van der Waals surface area contributed by atoms with E-state index < -0.39 is 0 Å². The lowest BCUT2D eigenvalue weighted by atomic mass is 9.49. The molecule has 0 spiro atoms. The quantitative estimate of drug-likeness (QED) is 0.482. The number of hydrogen-bond acceptors (Lipinski definition) is 4. The predicted molar refractivity (Wildman–Crippen MR) is 109 cm³/mol. The Hall–Kier alpha value is -1.32. The smallest absolute Gasteiger partial charge is 0.302 e. The van der Waals surface area contributed by atoms with Gasteiger partial charge in [-0.25, -0.2) is 0 Å². The molecule has 0 aliphatic heterocycles. The third kappa shape index (κ3) is 3.76. The van der Waals surface area contributed by atoms with Crippen molar-refractivity contribution in [2.24, 2.45) is 34.5 Å². The minimum atomic E-state index is -0.228. The fourth-order valence-corrected chi connectivity index (χ4v) is 7.02. The van der Waals surface area contributed by atoms with Crippen LogP contribution in [0.15, 0.2) is 12.2 Å². The highest BCUT2D eigenvalue weighted by Gasteiger charge is 2.55. The van der Waals surface area contributed by atoms with Crippen LogP contribution < -0.4 is 0 Å². The van der Waals surface area contributed by atoms with Crippen LogP contribution in [0.5, 0.6) is 0 Å². The highest BCUT2D eigenvalue weighted by molar-refractivity contribution is 5.66. The average Bonchev–Trinajstić information content (AvgIpc) is 2.91. The zero-order valence-electron chi connectivity index (χ0n) is 18.4. The maximum atomic E-state index is 11.5. The van der Waals surface area contributed by atoms with E-state index in [0.717, 1.165) is 19.3 Å². The van der Waals surface area contributed by atoms with E-state index >= 15 is 0 Å². The fraction of sp³-hybridized carbons (Fsp3) is 0.833. The van der Waals surface area contributed by atoms with Gasteiger partial charge < -0.3 is 9.47 Å². The van der Waals surface area contributed by atoms with E-state index in [4.69, 9.17) is 9.47 Å². The third-order valence-corrected chi connectivity index (χ3v) is 8.78.